The summed E-state index contributed by atoms with van der Waals surface area (Å²) in [5.41, 5.74) is 3.75. The molecular weight excluding hydrogens is 598 g/mol. The van der Waals surface area contributed by atoms with Gasteiger partial charge in [0.1, 0.15) is 11.6 Å². The molecule has 0 radical (unpaired) electrons. The lowest BCUT2D eigenvalue weighted by molar-refractivity contribution is 0.0303. The zero-order valence-corrected chi connectivity index (χ0v) is 27.0. The molecule has 0 aliphatic carbocycles. The number of hydrogen-bond donors (Lipinski definition) is 3. The number of rotatable bonds is 9. The number of methoxy groups -OCH3 is 1. The first-order chi connectivity index (χ1) is 22.6. The zero-order valence-electron chi connectivity index (χ0n) is 27.0. The third-order valence-corrected chi connectivity index (χ3v) is 7.86. The molecule has 0 spiro atoms. The number of alkyl carbamates (subject to hydrolysis) is 1. The number of aromatic amines is 1. The fraction of sp³-hybridized carbons (Fsp3) is 0.333. The molecule has 1 saturated heterocycles. The van der Waals surface area contributed by atoms with Gasteiger partial charge in [0.2, 0.25) is 0 Å². The number of fused-ring (bicyclic) bond motifs is 1. The second-order valence-electron chi connectivity index (χ2n) is 12.3. The summed E-state index contributed by atoms with van der Waals surface area (Å²) in [7, 11) is 1.29. The first-order valence-corrected chi connectivity index (χ1v) is 15.5. The first-order valence-electron chi connectivity index (χ1n) is 15.5. The molecule has 0 saturated carbocycles. The number of para-hydroxylation sites is 1. The molecule has 3 aromatic carbocycles. The second kappa shape index (κ2) is 14.4. The van der Waals surface area contributed by atoms with Gasteiger partial charge in [0.15, 0.2) is 0 Å². The zero-order chi connectivity index (χ0) is 33.6. The van der Waals surface area contributed by atoms with Crippen LogP contribution in [0.15, 0.2) is 72.9 Å². The van der Waals surface area contributed by atoms with Crippen LogP contribution in [0.25, 0.3) is 22.0 Å². The minimum absolute atomic E-state index is 0.0561. The van der Waals surface area contributed by atoms with Crippen LogP contribution in [-0.2, 0) is 20.6 Å². The number of benzene rings is 3. The molecule has 11 heteroatoms. The number of aromatic nitrogens is 1. The van der Waals surface area contributed by atoms with E-state index in [0.29, 0.717) is 44.0 Å². The van der Waals surface area contributed by atoms with Crippen molar-refractivity contribution in [3.63, 3.8) is 0 Å². The molecule has 11 nitrogen and oxygen atoms in total. The van der Waals surface area contributed by atoms with E-state index in [9.17, 15) is 19.6 Å². The number of ether oxygens (including phenoxy) is 3. The summed E-state index contributed by atoms with van der Waals surface area (Å²) in [6.07, 6.45) is 1.50. The molecule has 3 N–H and O–H groups in total. The summed E-state index contributed by atoms with van der Waals surface area (Å²) in [5, 5.41) is 17.4. The van der Waals surface area contributed by atoms with E-state index >= 15 is 0 Å². The van der Waals surface area contributed by atoms with Crippen molar-refractivity contribution in [3.05, 3.63) is 89.6 Å². The van der Waals surface area contributed by atoms with Crippen molar-refractivity contribution in [2.24, 2.45) is 0 Å². The predicted octanol–water partition coefficient (Wildman–Crippen LogP) is 5.53. The molecule has 2 amide bonds. The number of carbonyl (C=O) groups is 3. The third-order valence-electron chi connectivity index (χ3n) is 7.86. The summed E-state index contributed by atoms with van der Waals surface area (Å²) in [6.45, 7) is 7.44. The lowest BCUT2D eigenvalue weighted by atomic mass is 9.97. The predicted molar refractivity (Wildman–Crippen MR) is 178 cm³/mol. The average molecular weight is 638 g/mol. The fourth-order valence-corrected chi connectivity index (χ4v) is 5.52. The Hall–Kier alpha value is -5.34. The van der Waals surface area contributed by atoms with Gasteiger partial charge in [0, 0.05) is 41.4 Å². The van der Waals surface area contributed by atoms with Gasteiger partial charge in [-0.05, 0) is 74.2 Å². The van der Waals surface area contributed by atoms with E-state index in [2.05, 4.69) is 21.7 Å². The standard InChI is InChI=1S/C36H39N5O6/c1-36(2,3)47-35(44)40-31(20-26-22-38-29-8-6-5-7-27(26)29)32(21-37)39-30-14-13-25(19-28(30)34(43)45-4)23-9-11-24(12-10-23)33(42)41-15-17-46-18-16-41/h5-14,19,22,31-32,38-39H,15-18,20H2,1-4H3,(H,40,44)/t31-,32?/m0/s1. The van der Waals surface area contributed by atoms with Gasteiger partial charge < -0.3 is 34.7 Å². The van der Waals surface area contributed by atoms with Crippen LogP contribution >= 0.6 is 0 Å². The van der Waals surface area contributed by atoms with Gasteiger partial charge in [-0.3, -0.25) is 4.79 Å². The van der Waals surface area contributed by atoms with E-state index in [1.165, 1.54) is 7.11 Å². The highest BCUT2D eigenvalue weighted by Crippen LogP contribution is 2.28. The number of esters is 1. The van der Waals surface area contributed by atoms with Crippen LogP contribution in [0, 0.1) is 11.3 Å². The number of morpholine rings is 1. The molecule has 1 aliphatic rings. The number of nitrogens with one attached hydrogen (secondary N) is 3. The Kier molecular flexibility index (Phi) is 10.1. The largest absolute Gasteiger partial charge is 0.465 e. The van der Waals surface area contributed by atoms with Gasteiger partial charge in [0.25, 0.3) is 5.91 Å². The van der Waals surface area contributed by atoms with Crippen LogP contribution < -0.4 is 10.6 Å². The van der Waals surface area contributed by atoms with Crippen molar-refractivity contribution >= 4 is 34.6 Å². The van der Waals surface area contributed by atoms with E-state index in [1.807, 2.05) is 48.7 Å². The Bertz CT molecular complexity index is 1780. The molecule has 2 atom stereocenters. The monoisotopic (exact) mass is 637 g/mol. The topological polar surface area (TPSA) is 146 Å². The number of amides is 2. The van der Waals surface area contributed by atoms with E-state index in [-0.39, 0.29) is 11.5 Å². The van der Waals surface area contributed by atoms with Crippen LogP contribution in [0.1, 0.15) is 47.1 Å². The molecule has 5 rings (SSSR count). The van der Waals surface area contributed by atoms with Crippen molar-refractivity contribution in [2.75, 3.05) is 38.7 Å². The molecule has 1 aliphatic heterocycles. The Morgan fingerprint density at radius 3 is 2.40 bits per heavy atom. The molecule has 1 aromatic heterocycles. The van der Waals surface area contributed by atoms with Gasteiger partial charge in [-0.1, -0.05) is 36.4 Å². The SMILES string of the molecule is COC(=O)c1cc(-c2ccc(C(=O)N3CCOCC3)cc2)ccc1NC(C#N)[C@H](Cc1c[nH]c2ccccc12)NC(=O)OC(C)(C)C. The summed E-state index contributed by atoms with van der Waals surface area (Å²) < 4.78 is 16.0. The average Bonchev–Trinajstić information content (AvgIpc) is 3.48. The van der Waals surface area contributed by atoms with Crippen LogP contribution in [0.5, 0.6) is 0 Å². The second-order valence-corrected chi connectivity index (χ2v) is 12.3. The van der Waals surface area contributed by atoms with Crippen molar-refractivity contribution in [1.29, 1.82) is 5.26 Å². The number of nitriles is 1. The molecule has 4 aromatic rings. The number of H-pyrrole nitrogens is 1. The number of nitrogens with zero attached hydrogens (tertiary/aromatic N) is 2. The molecule has 244 valence electrons. The van der Waals surface area contributed by atoms with E-state index in [4.69, 9.17) is 14.2 Å². The van der Waals surface area contributed by atoms with E-state index in [0.717, 1.165) is 27.6 Å². The first kappa shape index (κ1) is 33.0. The molecule has 2 heterocycles. The number of carbonyl (C=O) groups excluding carboxylic acids is 3. The summed E-state index contributed by atoms with van der Waals surface area (Å²) in [4.78, 5) is 43.8. The Balaban J connectivity index is 1.41. The third kappa shape index (κ3) is 8.09. The maximum atomic E-state index is 13.0. The smallest absolute Gasteiger partial charge is 0.407 e. The Morgan fingerprint density at radius 2 is 1.72 bits per heavy atom. The maximum absolute atomic E-state index is 13.0. The number of hydrogen-bond acceptors (Lipinski definition) is 8. The summed E-state index contributed by atoms with van der Waals surface area (Å²) in [6, 6.07) is 20.7. The van der Waals surface area contributed by atoms with Crippen LogP contribution in [-0.4, -0.2) is 79.0 Å². The highest BCUT2D eigenvalue weighted by Gasteiger charge is 2.29. The van der Waals surface area contributed by atoms with Crippen LogP contribution in [0.4, 0.5) is 10.5 Å². The molecule has 47 heavy (non-hydrogen) atoms. The molecule has 1 fully saturated rings. The fourth-order valence-electron chi connectivity index (χ4n) is 5.52. The molecule has 1 unspecified atom stereocenters. The van der Waals surface area contributed by atoms with Crippen molar-refractivity contribution in [1.82, 2.24) is 15.2 Å². The quantitative estimate of drug-likeness (QED) is 0.203. The lowest BCUT2D eigenvalue weighted by Gasteiger charge is -2.27. The van der Waals surface area contributed by atoms with Gasteiger partial charge >= 0.3 is 12.1 Å². The lowest BCUT2D eigenvalue weighted by Crippen LogP contribution is -2.49. The van der Waals surface area contributed by atoms with Crippen molar-refractivity contribution < 1.29 is 28.6 Å². The molecular formula is C36H39N5O6. The van der Waals surface area contributed by atoms with Crippen LogP contribution in [0.2, 0.25) is 0 Å². The maximum Gasteiger partial charge on any atom is 0.407 e. The highest BCUT2D eigenvalue weighted by molar-refractivity contribution is 5.98. The van der Waals surface area contributed by atoms with Gasteiger partial charge in [-0.25, -0.2) is 9.59 Å². The molecule has 0 bridgehead atoms. The summed E-state index contributed by atoms with van der Waals surface area (Å²) in [5.74, 6) is -0.655. The minimum atomic E-state index is -0.962. The normalized spacial score (nSPS) is 14.5. The van der Waals surface area contributed by atoms with Crippen LogP contribution in [0.3, 0.4) is 0 Å². The van der Waals surface area contributed by atoms with E-state index < -0.39 is 29.7 Å². The van der Waals surface area contributed by atoms with Crippen molar-refractivity contribution in [3.8, 4) is 17.2 Å². The number of anilines is 1. The van der Waals surface area contributed by atoms with Gasteiger partial charge in [0.05, 0.1) is 38.0 Å². The minimum Gasteiger partial charge on any atom is -0.465 e. The van der Waals surface area contributed by atoms with Crippen molar-refractivity contribution in [2.45, 2.75) is 44.9 Å². The van der Waals surface area contributed by atoms with E-state index in [1.54, 1.807) is 49.9 Å². The van der Waals surface area contributed by atoms with Gasteiger partial charge in [-0.2, -0.15) is 5.26 Å². The highest BCUT2D eigenvalue weighted by atomic mass is 16.6. The Morgan fingerprint density at radius 1 is 1.02 bits per heavy atom. The van der Waals surface area contributed by atoms with Gasteiger partial charge in [-0.15, -0.1) is 0 Å². The Labute approximate surface area is 273 Å². The summed E-state index contributed by atoms with van der Waals surface area (Å²) >= 11 is 0.